The molecule has 0 saturated carbocycles. The monoisotopic (exact) mass is 357 g/mol. The van der Waals surface area contributed by atoms with E-state index < -0.39 is 0 Å². The number of amides is 1. The lowest BCUT2D eigenvalue weighted by Gasteiger charge is -2.07. The van der Waals surface area contributed by atoms with Crippen molar-refractivity contribution in [3.63, 3.8) is 0 Å². The number of benzene rings is 1. The van der Waals surface area contributed by atoms with Gasteiger partial charge < -0.3 is 5.32 Å². The predicted octanol–water partition coefficient (Wildman–Crippen LogP) is 1.80. The van der Waals surface area contributed by atoms with Crippen LogP contribution in [0.4, 0.5) is 0 Å². The van der Waals surface area contributed by atoms with Gasteiger partial charge in [0.05, 0.1) is 29.2 Å². The van der Waals surface area contributed by atoms with Crippen molar-refractivity contribution in [3.05, 3.63) is 46.2 Å². The second kappa shape index (κ2) is 7.47. The summed E-state index contributed by atoms with van der Waals surface area (Å²) in [6.07, 6.45) is 0.318. The van der Waals surface area contributed by atoms with E-state index in [4.69, 9.17) is 0 Å². The van der Waals surface area contributed by atoms with Crippen molar-refractivity contribution < 1.29 is 4.79 Å². The molecule has 0 atom stereocenters. The fraction of sp³-hybridized carbons (Fsp3) is 0.375. The van der Waals surface area contributed by atoms with Crippen LogP contribution in [0.25, 0.3) is 5.69 Å². The van der Waals surface area contributed by atoms with E-state index in [0.29, 0.717) is 24.7 Å². The molecule has 8 nitrogen and oxygen atoms in total. The lowest BCUT2D eigenvalue weighted by Crippen LogP contribution is -2.24. The molecule has 2 heterocycles. The average Bonchev–Trinajstić information content (AvgIpc) is 3.22. The number of carbonyl (C=O) groups is 1. The Morgan fingerprint density at radius 3 is 2.64 bits per heavy atom. The summed E-state index contributed by atoms with van der Waals surface area (Å²) in [4.78, 5) is 13.2. The number of carbonyl (C=O) groups excluding carboxylic acids is 1. The summed E-state index contributed by atoms with van der Waals surface area (Å²) in [6, 6.07) is 7.61. The van der Waals surface area contributed by atoms with Crippen LogP contribution in [-0.4, -0.2) is 35.7 Å². The zero-order valence-electron chi connectivity index (χ0n) is 14.3. The highest BCUT2D eigenvalue weighted by Gasteiger charge is 2.13. The van der Waals surface area contributed by atoms with Crippen LogP contribution in [0.2, 0.25) is 0 Å². The predicted molar refractivity (Wildman–Crippen MR) is 93.4 cm³/mol. The lowest BCUT2D eigenvalue weighted by molar-refractivity contribution is -0.120. The number of nitrogens with one attached hydrogen (secondary N) is 1. The molecule has 0 aliphatic carbocycles. The fourth-order valence-electron chi connectivity index (χ4n) is 2.43. The van der Waals surface area contributed by atoms with Crippen LogP contribution >= 0.6 is 11.5 Å². The normalized spacial score (nSPS) is 11.0. The maximum atomic E-state index is 12.2. The SMILES string of the molecule is Cc1nnnn1-c1ccc(CC(=O)NCc2snnc2C(C)C)cc1. The molecule has 0 radical (unpaired) electrons. The maximum absolute atomic E-state index is 12.2. The van der Waals surface area contributed by atoms with E-state index in [2.05, 4.69) is 44.3 Å². The molecule has 0 spiro atoms. The fourth-order valence-corrected chi connectivity index (χ4v) is 3.16. The van der Waals surface area contributed by atoms with E-state index in [0.717, 1.165) is 21.8 Å². The molecule has 2 aromatic heterocycles. The Morgan fingerprint density at radius 2 is 2.00 bits per heavy atom. The van der Waals surface area contributed by atoms with Gasteiger partial charge >= 0.3 is 0 Å². The smallest absolute Gasteiger partial charge is 0.224 e. The molecule has 0 aliphatic rings. The molecular weight excluding hydrogens is 338 g/mol. The summed E-state index contributed by atoms with van der Waals surface area (Å²) < 4.78 is 5.62. The van der Waals surface area contributed by atoms with E-state index in [1.54, 1.807) is 4.68 Å². The first-order chi connectivity index (χ1) is 12.0. The van der Waals surface area contributed by atoms with Gasteiger partial charge in [0.15, 0.2) is 5.82 Å². The highest BCUT2D eigenvalue weighted by molar-refractivity contribution is 7.05. The first kappa shape index (κ1) is 17.2. The lowest BCUT2D eigenvalue weighted by atomic mass is 10.1. The Morgan fingerprint density at radius 1 is 1.24 bits per heavy atom. The number of hydrogen-bond acceptors (Lipinski definition) is 7. The number of aryl methyl sites for hydroxylation is 1. The van der Waals surface area contributed by atoms with Gasteiger partial charge in [0.2, 0.25) is 5.91 Å². The van der Waals surface area contributed by atoms with E-state index in [-0.39, 0.29) is 5.91 Å². The molecule has 0 bridgehead atoms. The third kappa shape index (κ3) is 4.05. The van der Waals surface area contributed by atoms with Crippen LogP contribution in [0, 0.1) is 6.92 Å². The van der Waals surface area contributed by atoms with Crippen molar-refractivity contribution in [3.8, 4) is 5.69 Å². The first-order valence-electron chi connectivity index (χ1n) is 7.96. The Labute approximate surface area is 149 Å². The van der Waals surface area contributed by atoms with Crippen molar-refractivity contribution in [1.29, 1.82) is 0 Å². The van der Waals surface area contributed by atoms with Crippen LogP contribution in [0.15, 0.2) is 24.3 Å². The number of rotatable bonds is 6. The van der Waals surface area contributed by atoms with Gasteiger partial charge in [-0.25, -0.2) is 0 Å². The number of tetrazole rings is 1. The summed E-state index contributed by atoms with van der Waals surface area (Å²) in [6.45, 7) is 6.43. The van der Waals surface area contributed by atoms with E-state index >= 15 is 0 Å². The molecule has 0 fully saturated rings. The summed E-state index contributed by atoms with van der Waals surface area (Å²) in [5, 5.41) is 18.5. The Hall–Kier alpha value is -2.68. The molecule has 3 aromatic rings. The van der Waals surface area contributed by atoms with Crippen LogP contribution in [0.5, 0.6) is 0 Å². The minimum absolute atomic E-state index is 0.0329. The van der Waals surface area contributed by atoms with E-state index in [1.165, 1.54) is 11.5 Å². The molecule has 1 amide bonds. The highest BCUT2D eigenvalue weighted by Crippen LogP contribution is 2.19. The largest absolute Gasteiger partial charge is 0.351 e. The third-order valence-corrected chi connectivity index (χ3v) is 4.49. The molecule has 130 valence electrons. The van der Waals surface area contributed by atoms with Crippen LogP contribution in [-0.2, 0) is 17.8 Å². The summed E-state index contributed by atoms with van der Waals surface area (Å²) in [7, 11) is 0. The van der Waals surface area contributed by atoms with Crippen molar-refractivity contribution in [1.82, 2.24) is 35.1 Å². The standard InChI is InChI=1S/C16H19N7OS/c1-10(2)16-14(25-22-19-16)9-17-15(24)8-12-4-6-13(7-5-12)23-11(3)18-20-21-23/h4-7,10H,8-9H2,1-3H3,(H,17,24). The molecule has 9 heteroatoms. The molecule has 0 saturated heterocycles. The molecule has 0 aliphatic heterocycles. The Bertz CT molecular complexity index is 854. The Kier molecular flexibility index (Phi) is 5.13. The summed E-state index contributed by atoms with van der Waals surface area (Å²) >= 11 is 1.33. The minimum Gasteiger partial charge on any atom is -0.351 e. The van der Waals surface area contributed by atoms with Crippen LogP contribution in [0.1, 0.15) is 41.7 Å². The van der Waals surface area contributed by atoms with E-state index in [9.17, 15) is 4.79 Å². The second-order valence-corrected chi connectivity index (χ2v) is 6.83. The molecule has 1 N–H and O–H groups in total. The van der Waals surface area contributed by atoms with Gasteiger partial charge in [0.1, 0.15) is 0 Å². The minimum atomic E-state index is -0.0329. The summed E-state index contributed by atoms with van der Waals surface area (Å²) in [5.74, 6) is 0.979. The topological polar surface area (TPSA) is 98.5 Å². The van der Waals surface area contributed by atoms with Gasteiger partial charge in [0, 0.05) is 0 Å². The van der Waals surface area contributed by atoms with Crippen molar-refractivity contribution in [2.45, 2.75) is 39.7 Å². The highest BCUT2D eigenvalue weighted by atomic mass is 32.1. The van der Waals surface area contributed by atoms with Gasteiger partial charge in [0.25, 0.3) is 0 Å². The zero-order chi connectivity index (χ0) is 17.8. The quantitative estimate of drug-likeness (QED) is 0.722. The molecule has 25 heavy (non-hydrogen) atoms. The van der Waals surface area contributed by atoms with Crippen LogP contribution < -0.4 is 5.32 Å². The average molecular weight is 357 g/mol. The molecule has 3 rings (SSSR count). The van der Waals surface area contributed by atoms with Crippen LogP contribution in [0.3, 0.4) is 0 Å². The van der Waals surface area contributed by atoms with Gasteiger partial charge in [-0.05, 0) is 52.5 Å². The second-order valence-electron chi connectivity index (χ2n) is 5.99. The number of hydrogen-bond donors (Lipinski definition) is 1. The van der Waals surface area contributed by atoms with Gasteiger partial charge in [-0.3, -0.25) is 4.79 Å². The Balaban J connectivity index is 1.58. The van der Waals surface area contributed by atoms with E-state index in [1.807, 2.05) is 31.2 Å². The number of nitrogens with zero attached hydrogens (tertiary/aromatic N) is 6. The molecule has 1 aromatic carbocycles. The third-order valence-electron chi connectivity index (χ3n) is 3.75. The van der Waals surface area contributed by atoms with Crippen molar-refractivity contribution >= 4 is 17.4 Å². The van der Waals surface area contributed by atoms with Gasteiger partial charge in [-0.1, -0.05) is 30.5 Å². The maximum Gasteiger partial charge on any atom is 0.224 e. The molecular formula is C16H19N7OS. The van der Waals surface area contributed by atoms with Crippen molar-refractivity contribution in [2.24, 2.45) is 0 Å². The molecule has 0 unspecified atom stereocenters. The number of aromatic nitrogens is 6. The summed E-state index contributed by atoms with van der Waals surface area (Å²) in [5.41, 5.74) is 2.74. The zero-order valence-corrected chi connectivity index (χ0v) is 15.1. The first-order valence-corrected chi connectivity index (χ1v) is 8.74. The van der Waals surface area contributed by atoms with Gasteiger partial charge in [-0.15, -0.1) is 10.2 Å². The van der Waals surface area contributed by atoms with Gasteiger partial charge in [-0.2, -0.15) is 4.68 Å². The van der Waals surface area contributed by atoms with Crippen molar-refractivity contribution in [2.75, 3.05) is 0 Å².